The number of aromatic nitrogens is 3. The molecule has 0 unspecified atom stereocenters. The van der Waals surface area contributed by atoms with Gasteiger partial charge in [-0.1, -0.05) is 6.07 Å². The summed E-state index contributed by atoms with van der Waals surface area (Å²) in [5, 5.41) is 3.31. The second kappa shape index (κ2) is 5.10. The van der Waals surface area contributed by atoms with E-state index in [4.69, 9.17) is 0 Å². The Morgan fingerprint density at radius 1 is 1.00 bits per heavy atom. The van der Waals surface area contributed by atoms with E-state index in [9.17, 15) is 0 Å². The van der Waals surface area contributed by atoms with E-state index in [1.54, 1.807) is 6.20 Å². The summed E-state index contributed by atoms with van der Waals surface area (Å²) in [6.45, 7) is 3.91. The molecule has 18 heavy (non-hydrogen) atoms. The first-order valence-corrected chi connectivity index (χ1v) is 6.12. The molecule has 5 heteroatoms. The molecule has 92 valence electrons. The highest BCUT2D eigenvalue weighted by molar-refractivity contribution is 5.57. The smallest absolute Gasteiger partial charge is 0.225 e. The Labute approximate surface area is 106 Å². The molecule has 1 aliphatic heterocycles. The maximum absolute atomic E-state index is 4.43. The molecule has 0 aliphatic carbocycles. The van der Waals surface area contributed by atoms with E-state index >= 15 is 0 Å². The molecule has 0 saturated carbocycles. The third kappa shape index (κ3) is 2.31. The van der Waals surface area contributed by atoms with Gasteiger partial charge in [-0.15, -0.1) is 0 Å². The lowest BCUT2D eigenvalue weighted by Gasteiger charge is -2.27. The first kappa shape index (κ1) is 11.1. The molecule has 0 aromatic carbocycles. The van der Waals surface area contributed by atoms with Crippen molar-refractivity contribution in [3.63, 3.8) is 0 Å². The zero-order valence-electron chi connectivity index (χ0n) is 10.1. The van der Waals surface area contributed by atoms with Crippen LogP contribution in [0, 0.1) is 0 Å². The summed E-state index contributed by atoms with van der Waals surface area (Å²) in [6, 6.07) is 5.83. The number of nitrogens with one attached hydrogen (secondary N) is 1. The third-order valence-electron chi connectivity index (χ3n) is 3.00. The summed E-state index contributed by atoms with van der Waals surface area (Å²) < 4.78 is 0. The summed E-state index contributed by atoms with van der Waals surface area (Å²) >= 11 is 0. The minimum Gasteiger partial charge on any atom is -0.338 e. The molecular formula is C13H15N5. The molecule has 0 amide bonds. The molecule has 1 fully saturated rings. The molecule has 0 spiro atoms. The van der Waals surface area contributed by atoms with Crippen LogP contribution >= 0.6 is 0 Å². The molecule has 5 nitrogen and oxygen atoms in total. The summed E-state index contributed by atoms with van der Waals surface area (Å²) in [5.74, 6) is 0.802. The van der Waals surface area contributed by atoms with Crippen molar-refractivity contribution in [1.82, 2.24) is 20.3 Å². The van der Waals surface area contributed by atoms with Crippen molar-refractivity contribution in [2.75, 3.05) is 31.1 Å². The normalized spacial score (nSPS) is 15.7. The maximum Gasteiger partial charge on any atom is 0.225 e. The molecule has 1 saturated heterocycles. The molecule has 1 aliphatic rings. The van der Waals surface area contributed by atoms with Crippen molar-refractivity contribution >= 4 is 5.95 Å². The van der Waals surface area contributed by atoms with Crippen molar-refractivity contribution in [1.29, 1.82) is 0 Å². The summed E-state index contributed by atoms with van der Waals surface area (Å²) in [7, 11) is 0. The van der Waals surface area contributed by atoms with Crippen LogP contribution in [0.1, 0.15) is 0 Å². The van der Waals surface area contributed by atoms with Crippen molar-refractivity contribution < 1.29 is 0 Å². The molecule has 3 rings (SSSR count). The quantitative estimate of drug-likeness (QED) is 0.848. The van der Waals surface area contributed by atoms with Crippen LogP contribution in [0.2, 0.25) is 0 Å². The fraction of sp³-hybridized carbons (Fsp3) is 0.308. The molecule has 2 aromatic rings. The van der Waals surface area contributed by atoms with Crippen LogP contribution in [0.4, 0.5) is 5.95 Å². The number of nitrogens with zero attached hydrogens (tertiary/aromatic N) is 4. The van der Waals surface area contributed by atoms with Crippen LogP contribution in [0.15, 0.2) is 36.8 Å². The Morgan fingerprint density at radius 3 is 2.44 bits per heavy atom. The number of anilines is 1. The van der Waals surface area contributed by atoms with Crippen molar-refractivity contribution in [2.45, 2.75) is 0 Å². The summed E-state index contributed by atoms with van der Waals surface area (Å²) in [6.07, 6.45) is 5.46. The predicted octanol–water partition coefficient (Wildman–Crippen LogP) is 0.948. The second-order valence-corrected chi connectivity index (χ2v) is 4.22. The first-order chi connectivity index (χ1) is 8.93. The molecule has 0 atom stereocenters. The minimum atomic E-state index is 0.802. The number of pyridine rings is 1. The van der Waals surface area contributed by atoms with E-state index in [0.29, 0.717) is 0 Å². The second-order valence-electron chi connectivity index (χ2n) is 4.22. The molecule has 0 bridgehead atoms. The Balaban J connectivity index is 1.80. The van der Waals surface area contributed by atoms with Crippen molar-refractivity contribution in [3.8, 4) is 11.3 Å². The highest BCUT2D eigenvalue weighted by atomic mass is 15.3. The van der Waals surface area contributed by atoms with Gasteiger partial charge in [0, 0.05) is 50.3 Å². The molecule has 1 N–H and O–H groups in total. The highest BCUT2D eigenvalue weighted by Gasteiger charge is 2.12. The Hall–Kier alpha value is -2.01. The number of hydrogen-bond acceptors (Lipinski definition) is 5. The van der Waals surface area contributed by atoms with Crippen LogP contribution in [-0.4, -0.2) is 41.1 Å². The zero-order chi connectivity index (χ0) is 12.2. The minimum absolute atomic E-state index is 0.802. The third-order valence-corrected chi connectivity index (χ3v) is 3.00. The van der Waals surface area contributed by atoms with Gasteiger partial charge < -0.3 is 10.2 Å². The average molecular weight is 241 g/mol. The largest absolute Gasteiger partial charge is 0.338 e. The van der Waals surface area contributed by atoms with Gasteiger partial charge in [-0.05, 0) is 12.1 Å². The van der Waals surface area contributed by atoms with E-state index in [-0.39, 0.29) is 0 Å². The topological polar surface area (TPSA) is 53.9 Å². The maximum atomic E-state index is 4.43. The molecule has 2 aromatic heterocycles. The van der Waals surface area contributed by atoms with Crippen LogP contribution in [-0.2, 0) is 0 Å². The van der Waals surface area contributed by atoms with Gasteiger partial charge in [0.25, 0.3) is 0 Å². The van der Waals surface area contributed by atoms with Gasteiger partial charge in [-0.25, -0.2) is 9.97 Å². The van der Waals surface area contributed by atoms with Gasteiger partial charge in [0.15, 0.2) is 0 Å². The van der Waals surface area contributed by atoms with E-state index in [1.807, 2.05) is 30.6 Å². The van der Waals surface area contributed by atoms with Gasteiger partial charge in [0.05, 0.1) is 5.69 Å². The van der Waals surface area contributed by atoms with Gasteiger partial charge in [-0.2, -0.15) is 0 Å². The number of rotatable bonds is 2. The standard InChI is InChI=1S/C13H15N5/c1-2-4-15-12(3-1)11-9-16-13(17-10-11)18-7-5-14-6-8-18/h1-4,9-10,14H,5-8H2. The van der Waals surface area contributed by atoms with Crippen molar-refractivity contribution in [2.24, 2.45) is 0 Å². The predicted molar refractivity (Wildman–Crippen MR) is 70.3 cm³/mol. The number of piperazine rings is 1. The highest BCUT2D eigenvalue weighted by Crippen LogP contribution is 2.16. The summed E-state index contributed by atoms with van der Waals surface area (Å²) in [4.78, 5) is 15.3. The zero-order valence-corrected chi connectivity index (χ0v) is 10.1. The van der Waals surface area contributed by atoms with Crippen molar-refractivity contribution in [3.05, 3.63) is 36.8 Å². The van der Waals surface area contributed by atoms with Gasteiger partial charge in [0.2, 0.25) is 5.95 Å². The van der Waals surface area contributed by atoms with Crippen LogP contribution in [0.25, 0.3) is 11.3 Å². The average Bonchev–Trinajstić information content (AvgIpc) is 2.49. The van der Waals surface area contributed by atoms with E-state index < -0.39 is 0 Å². The first-order valence-electron chi connectivity index (χ1n) is 6.12. The monoisotopic (exact) mass is 241 g/mol. The fourth-order valence-electron chi connectivity index (χ4n) is 2.02. The Morgan fingerprint density at radius 2 is 1.78 bits per heavy atom. The van der Waals surface area contributed by atoms with Gasteiger partial charge >= 0.3 is 0 Å². The fourth-order valence-corrected chi connectivity index (χ4v) is 2.02. The molecule has 3 heterocycles. The number of hydrogen-bond donors (Lipinski definition) is 1. The van der Waals surface area contributed by atoms with Gasteiger partial charge in [-0.3, -0.25) is 4.98 Å². The van der Waals surface area contributed by atoms with E-state index in [0.717, 1.165) is 43.4 Å². The van der Waals surface area contributed by atoms with Crippen LogP contribution < -0.4 is 10.2 Å². The lowest BCUT2D eigenvalue weighted by Crippen LogP contribution is -2.44. The lowest BCUT2D eigenvalue weighted by molar-refractivity contribution is 0.580. The molecule has 0 radical (unpaired) electrons. The van der Waals surface area contributed by atoms with E-state index in [1.165, 1.54) is 0 Å². The Bertz CT molecular complexity index is 491. The van der Waals surface area contributed by atoms with E-state index in [2.05, 4.69) is 25.2 Å². The molecular weight excluding hydrogens is 226 g/mol. The van der Waals surface area contributed by atoms with Gasteiger partial charge in [0.1, 0.15) is 0 Å². The lowest BCUT2D eigenvalue weighted by atomic mass is 10.2. The summed E-state index contributed by atoms with van der Waals surface area (Å²) in [5.41, 5.74) is 1.86. The Kier molecular flexibility index (Phi) is 3.14. The van der Waals surface area contributed by atoms with Crippen LogP contribution in [0.3, 0.4) is 0 Å². The SMILES string of the molecule is c1ccc(-c2cnc(N3CCNCC3)nc2)nc1. The van der Waals surface area contributed by atoms with Crippen LogP contribution in [0.5, 0.6) is 0 Å².